The van der Waals surface area contributed by atoms with Crippen LogP contribution in [0, 0.1) is 17.6 Å². The van der Waals surface area contributed by atoms with Gasteiger partial charge < -0.3 is 10.5 Å². The topological polar surface area (TPSA) is 81.4 Å². The maximum atomic E-state index is 14.0. The fourth-order valence-corrected chi connectivity index (χ4v) is 3.50. The fraction of sp³-hybridized carbons (Fsp3) is 0.538. The standard InChI is InChI=1S/C13H18F2N2O3S/c1-8-9(4-5-20-8)7-17-21(18,19)12-3-2-11(14)10(6-16)13(12)15/h2-3,8-9,17H,4-7,16H2,1H3. The second kappa shape index (κ2) is 6.35. The Morgan fingerprint density at radius 2 is 2.14 bits per heavy atom. The molecule has 1 aliphatic heterocycles. The van der Waals surface area contributed by atoms with Crippen LogP contribution in [-0.2, 0) is 21.3 Å². The van der Waals surface area contributed by atoms with E-state index in [9.17, 15) is 17.2 Å². The number of hydrogen-bond donors (Lipinski definition) is 2. The summed E-state index contributed by atoms with van der Waals surface area (Å²) in [6.07, 6.45) is 0.689. The van der Waals surface area contributed by atoms with Crippen LogP contribution in [0.1, 0.15) is 18.9 Å². The Labute approximate surface area is 122 Å². The Balaban J connectivity index is 2.20. The van der Waals surface area contributed by atoms with Gasteiger partial charge in [0, 0.05) is 31.2 Å². The zero-order valence-electron chi connectivity index (χ0n) is 11.6. The lowest BCUT2D eigenvalue weighted by Gasteiger charge is -2.15. The number of benzene rings is 1. The number of hydrogen-bond acceptors (Lipinski definition) is 4. The summed E-state index contributed by atoms with van der Waals surface area (Å²) in [6.45, 7) is 2.18. The van der Waals surface area contributed by atoms with Crippen LogP contribution in [0.2, 0.25) is 0 Å². The number of ether oxygens (including phenoxy) is 1. The summed E-state index contributed by atoms with van der Waals surface area (Å²) in [4.78, 5) is -0.587. The van der Waals surface area contributed by atoms with Crippen molar-refractivity contribution in [2.24, 2.45) is 11.7 Å². The van der Waals surface area contributed by atoms with Crippen molar-refractivity contribution in [3.8, 4) is 0 Å². The Hall–Kier alpha value is -1.09. The van der Waals surface area contributed by atoms with Gasteiger partial charge in [-0.1, -0.05) is 0 Å². The molecule has 0 radical (unpaired) electrons. The monoisotopic (exact) mass is 320 g/mol. The second-order valence-corrected chi connectivity index (χ2v) is 6.75. The molecule has 0 aromatic heterocycles. The van der Waals surface area contributed by atoms with E-state index in [2.05, 4.69) is 4.72 Å². The van der Waals surface area contributed by atoms with E-state index in [0.29, 0.717) is 6.61 Å². The van der Waals surface area contributed by atoms with Crippen molar-refractivity contribution in [1.29, 1.82) is 0 Å². The molecule has 2 unspecified atom stereocenters. The van der Waals surface area contributed by atoms with E-state index >= 15 is 0 Å². The van der Waals surface area contributed by atoms with Crippen LogP contribution in [0.15, 0.2) is 17.0 Å². The highest BCUT2D eigenvalue weighted by molar-refractivity contribution is 7.89. The lowest BCUT2D eigenvalue weighted by Crippen LogP contribution is -2.32. The van der Waals surface area contributed by atoms with Gasteiger partial charge in [-0.05, 0) is 25.5 Å². The molecule has 2 atom stereocenters. The van der Waals surface area contributed by atoms with Gasteiger partial charge in [0.05, 0.1) is 6.10 Å². The highest BCUT2D eigenvalue weighted by Crippen LogP contribution is 2.23. The average molecular weight is 320 g/mol. The lowest BCUT2D eigenvalue weighted by molar-refractivity contribution is 0.107. The number of halogens is 2. The first kappa shape index (κ1) is 16.3. The van der Waals surface area contributed by atoms with Gasteiger partial charge in [-0.25, -0.2) is 21.9 Å². The molecule has 1 fully saturated rings. The highest BCUT2D eigenvalue weighted by atomic mass is 32.2. The van der Waals surface area contributed by atoms with Crippen molar-refractivity contribution in [3.63, 3.8) is 0 Å². The molecule has 0 spiro atoms. The van der Waals surface area contributed by atoms with Gasteiger partial charge >= 0.3 is 0 Å². The third-order valence-corrected chi connectivity index (χ3v) is 5.15. The Kier molecular flexibility index (Phi) is 4.92. The quantitative estimate of drug-likeness (QED) is 0.852. The summed E-state index contributed by atoms with van der Waals surface area (Å²) in [7, 11) is -4.05. The molecular weight excluding hydrogens is 302 g/mol. The number of nitrogens with one attached hydrogen (secondary N) is 1. The molecule has 1 aromatic rings. The minimum atomic E-state index is -4.05. The van der Waals surface area contributed by atoms with Gasteiger partial charge in [-0.3, -0.25) is 0 Å². The van der Waals surface area contributed by atoms with Crippen molar-refractivity contribution < 1.29 is 21.9 Å². The summed E-state index contributed by atoms with van der Waals surface area (Å²) in [5.41, 5.74) is 4.81. The lowest BCUT2D eigenvalue weighted by atomic mass is 10.0. The average Bonchev–Trinajstić information content (AvgIpc) is 2.82. The molecule has 0 aliphatic carbocycles. The molecule has 0 amide bonds. The third-order valence-electron chi connectivity index (χ3n) is 3.71. The van der Waals surface area contributed by atoms with E-state index in [1.54, 1.807) is 0 Å². The molecule has 5 nitrogen and oxygen atoms in total. The van der Waals surface area contributed by atoms with Crippen LogP contribution < -0.4 is 10.5 Å². The van der Waals surface area contributed by atoms with E-state index in [1.165, 1.54) is 0 Å². The van der Waals surface area contributed by atoms with Crippen LogP contribution in [0.25, 0.3) is 0 Å². The zero-order chi connectivity index (χ0) is 15.6. The number of sulfonamides is 1. The molecule has 2 rings (SSSR count). The van der Waals surface area contributed by atoms with Gasteiger partial charge in [0.25, 0.3) is 0 Å². The Morgan fingerprint density at radius 1 is 1.43 bits per heavy atom. The highest BCUT2D eigenvalue weighted by Gasteiger charge is 2.28. The first-order valence-electron chi connectivity index (χ1n) is 6.65. The van der Waals surface area contributed by atoms with Gasteiger partial charge in [-0.15, -0.1) is 0 Å². The van der Waals surface area contributed by atoms with Crippen molar-refractivity contribution in [2.45, 2.75) is 30.9 Å². The van der Waals surface area contributed by atoms with Crippen molar-refractivity contribution in [2.75, 3.05) is 13.2 Å². The van der Waals surface area contributed by atoms with Crippen LogP contribution in [0.3, 0.4) is 0 Å². The van der Waals surface area contributed by atoms with Crippen LogP contribution in [0.5, 0.6) is 0 Å². The summed E-state index contributed by atoms with van der Waals surface area (Å²) < 4.78 is 59.4. The minimum Gasteiger partial charge on any atom is -0.378 e. The predicted octanol–water partition coefficient (Wildman–Crippen LogP) is 1.13. The molecule has 0 bridgehead atoms. The molecule has 3 N–H and O–H groups in total. The summed E-state index contributed by atoms with van der Waals surface area (Å²) >= 11 is 0. The molecule has 1 heterocycles. The molecule has 118 valence electrons. The third kappa shape index (κ3) is 3.39. The van der Waals surface area contributed by atoms with E-state index in [-0.39, 0.29) is 18.6 Å². The van der Waals surface area contributed by atoms with Gasteiger partial charge in [0.15, 0.2) is 5.82 Å². The predicted molar refractivity (Wildman–Crippen MR) is 73.0 cm³/mol. The van der Waals surface area contributed by atoms with E-state index in [4.69, 9.17) is 10.5 Å². The van der Waals surface area contributed by atoms with Gasteiger partial charge in [0.1, 0.15) is 10.7 Å². The molecule has 21 heavy (non-hydrogen) atoms. The van der Waals surface area contributed by atoms with Gasteiger partial charge in [0.2, 0.25) is 10.0 Å². The molecule has 1 aromatic carbocycles. The summed E-state index contributed by atoms with van der Waals surface area (Å²) in [5.74, 6) is -1.95. The van der Waals surface area contributed by atoms with E-state index < -0.39 is 38.7 Å². The number of nitrogens with two attached hydrogens (primary N) is 1. The zero-order valence-corrected chi connectivity index (χ0v) is 12.4. The Bertz CT molecular complexity index is 622. The van der Waals surface area contributed by atoms with Crippen molar-refractivity contribution >= 4 is 10.0 Å². The molecule has 0 saturated carbocycles. The molecule has 8 heteroatoms. The first-order chi connectivity index (χ1) is 9.86. The summed E-state index contributed by atoms with van der Waals surface area (Å²) in [5, 5.41) is 0. The second-order valence-electron chi connectivity index (χ2n) is 5.02. The first-order valence-corrected chi connectivity index (χ1v) is 8.13. The molecular formula is C13H18F2N2O3S. The van der Waals surface area contributed by atoms with Crippen molar-refractivity contribution in [1.82, 2.24) is 4.72 Å². The Morgan fingerprint density at radius 3 is 2.71 bits per heavy atom. The molecule has 1 aliphatic rings. The summed E-state index contributed by atoms with van der Waals surface area (Å²) in [6, 6.07) is 1.81. The fourth-order valence-electron chi connectivity index (χ4n) is 2.31. The SMILES string of the molecule is CC1OCCC1CNS(=O)(=O)c1ccc(F)c(CN)c1F. The normalized spacial score (nSPS) is 22.7. The van der Waals surface area contributed by atoms with Crippen LogP contribution in [0.4, 0.5) is 8.78 Å². The maximum absolute atomic E-state index is 14.0. The van der Waals surface area contributed by atoms with Crippen LogP contribution >= 0.6 is 0 Å². The number of rotatable bonds is 5. The van der Waals surface area contributed by atoms with Crippen LogP contribution in [-0.4, -0.2) is 27.7 Å². The minimum absolute atomic E-state index is 0.0391. The smallest absolute Gasteiger partial charge is 0.243 e. The van der Waals surface area contributed by atoms with E-state index in [0.717, 1.165) is 18.6 Å². The van der Waals surface area contributed by atoms with E-state index in [1.807, 2.05) is 6.92 Å². The molecule has 1 saturated heterocycles. The largest absolute Gasteiger partial charge is 0.378 e. The maximum Gasteiger partial charge on any atom is 0.243 e. The van der Waals surface area contributed by atoms with Crippen molar-refractivity contribution in [3.05, 3.63) is 29.3 Å². The van der Waals surface area contributed by atoms with Gasteiger partial charge in [-0.2, -0.15) is 0 Å².